The van der Waals surface area contributed by atoms with Crippen molar-refractivity contribution in [3.8, 4) is 5.75 Å². The number of phenols is 1. The Labute approximate surface area is 218 Å². The molecule has 0 radical (unpaired) electrons. The maximum Gasteiger partial charge on any atom is 0.222 e. The summed E-state index contributed by atoms with van der Waals surface area (Å²) in [6.07, 6.45) is 0.124. The molecule has 1 heterocycles. The van der Waals surface area contributed by atoms with Gasteiger partial charge in [-0.05, 0) is 40.8 Å². The number of fused-ring (bicyclic) bond motifs is 1. The zero-order chi connectivity index (χ0) is 25.6. The standard InChI is InChI=1S/C26H37N5O4.ClH/c1-26(2,3)20-17-19(9-10-24(20)34)23(30-28-21-7-5-6-8-22(21)29-30)18-25(35)27-11-12-31(4,13-15-32)14-16-33;/h5-10,17,23,32-33H,11-16,18H2,1-4H3,(H-,27,34,35);1H. The molecule has 0 spiro atoms. The van der Waals surface area contributed by atoms with Gasteiger partial charge in [0, 0.05) is 0 Å². The van der Waals surface area contributed by atoms with E-state index in [4.69, 9.17) is 0 Å². The predicted molar refractivity (Wildman–Crippen MR) is 135 cm³/mol. The topological polar surface area (TPSA) is 121 Å². The van der Waals surface area contributed by atoms with Crippen LogP contribution in [0.5, 0.6) is 5.75 Å². The lowest BCUT2D eigenvalue weighted by Crippen LogP contribution is -3.00. The molecule has 1 aromatic heterocycles. The minimum Gasteiger partial charge on any atom is -1.00 e. The number of hydrogen-bond donors (Lipinski definition) is 4. The van der Waals surface area contributed by atoms with Crippen LogP contribution in [0.15, 0.2) is 42.5 Å². The smallest absolute Gasteiger partial charge is 0.222 e. The number of likely N-dealkylation sites (N-methyl/N-ethyl adjacent to an activating group) is 1. The molecule has 198 valence electrons. The number of amides is 1. The highest BCUT2D eigenvalue weighted by Crippen LogP contribution is 2.34. The first-order valence-electron chi connectivity index (χ1n) is 12.0. The van der Waals surface area contributed by atoms with Crippen LogP contribution >= 0.6 is 0 Å². The van der Waals surface area contributed by atoms with E-state index in [1.165, 1.54) is 0 Å². The van der Waals surface area contributed by atoms with Gasteiger partial charge in [0.25, 0.3) is 0 Å². The Balaban J connectivity index is 0.00000456. The molecule has 1 atom stereocenters. The van der Waals surface area contributed by atoms with Crippen LogP contribution in [0.25, 0.3) is 11.0 Å². The van der Waals surface area contributed by atoms with E-state index in [2.05, 4.69) is 15.5 Å². The predicted octanol–water partition coefficient (Wildman–Crippen LogP) is -1.03. The number of halogens is 1. The summed E-state index contributed by atoms with van der Waals surface area (Å²) in [4.78, 5) is 14.6. The number of quaternary nitrogens is 1. The normalized spacial score (nSPS) is 12.8. The number of phenolic OH excluding ortho intramolecular Hbond substituents is 1. The molecule has 0 aliphatic heterocycles. The number of carbonyl (C=O) groups excluding carboxylic acids is 1. The van der Waals surface area contributed by atoms with Gasteiger partial charge in [-0.15, -0.1) is 0 Å². The second kappa shape index (κ2) is 12.5. The summed E-state index contributed by atoms with van der Waals surface area (Å²) >= 11 is 0. The van der Waals surface area contributed by atoms with E-state index in [-0.39, 0.29) is 49.1 Å². The summed E-state index contributed by atoms with van der Waals surface area (Å²) in [7, 11) is 1.95. The van der Waals surface area contributed by atoms with Crippen molar-refractivity contribution >= 4 is 16.9 Å². The van der Waals surface area contributed by atoms with E-state index in [9.17, 15) is 20.1 Å². The van der Waals surface area contributed by atoms with Gasteiger partial charge in [0.05, 0.1) is 39.8 Å². The van der Waals surface area contributed by atoms with Crippen molar-refractivity contribution in [1.29, 1.82) is 0 Å². The van der Waals surface area contributed by atoms with Crippen LogP contribution in [0, 0.1) is 0 Å². The molecule has 0 aliphatic rings. The largest absolute Gasteiger partial charge is 1.00 e. The molecule has 0 fully saturated rings. The van der Waals surface area contributed by atoms with Crippen LogP contribution in [0.3, 0.4) is 0 Å². The van der Waals surface area contributed by atoms with Crippen LogP contribution < -0.4 is 17.7 Å². The fraction of sp³-hybridized carbons (Fsp3) is 0.500. The summed E-state index contributed by atoms with van der Waals surface area (Å²) in [5.41, 5.74) is 2.84. The van der Waals surface area contributed by atoms with Crippen LogP contribution in [0.1, 0.15) is 44.4 Å². The third-order valence-electron chi connectivity index (χ3n) is 6.43. The average Bonchev–Trinajstić information content (AvgIpc) is 3.21. The van der Waals surface area contributed by atoms with E-state index in [0.717, 1.165) is 22.2 Å². The van der Waals surface area contributed by atoms with Gasteiger partial charge in [-0.2, -0.15) is 15.0 Å². The molecule has 3 rings (SSSR count). The van der Waals surface area contributed by atoms with Gasteiger partial charge in [-0.1, -0.05) is 39.0 Å². The number of hydrogen-bond acceptors (Lipinski definition) is 6. The highest BCUT2D eigenvalue weighted by atomic mass is 35.5. The lowest BCUT2D eigenvalue weighted by atomic mass is 9.84. The first-order valence-corrected chi connectivity index (χ1v) is 12.0. The first kappa shape index (κ1) is 29.5. The average molecular weight is 520 g/mol. The summed E-state index contributed by atoms with van der Waals surface area (Å²) in [6, 6.07) is 12.5. The van der Waals surface area contributed by atoms with Crippen molar-refractivity contribution in [1.82, 2.24) is 20.3 Å². The Morgan fingerprint density at radius 3 is 2.14 bits per heavy atom. The summed E-state index contributed by atoms with van der Waals surface area (Å²) in [5, 5.41) is 41.4. The Kier molecular flexibility index (Phi) is 10.2. The van der Waals surface area contributed by atoms with Gasteiger partial charge >= 0.3 is 0 Å². The number of nitrogens with zero attached hydrogens (tertiary/aromatic N) is 4. The minimum atomic E-state index is -0.458. The summed E-state index contributed by atoms with van der Waals surface area (Å²) in [5.74, 6) is 0.0640. The van der Waals surface area contributed by atoms with Crippen molar-refractivity contribution in [2.24, 2.45) is 0 Å². The molecule has 1 unspecified atom stereocenters. The molecule has 10 heteroatoms. The van der Waals surface area contributed by atoms with Gasteiger partial charge in [-0.25, -0.2) is 0 Å². The molecule has 36 heavy (non-hydrogen) atoms. The molecular weight excluding hydrogens is 482 g/mol. The summed E-state index contributed by atoms with van der Waals surface area (Å²) < 4.78 is 0.468. The molecule has 0 bridgehead atoms. The van der Waals surface area contributed by atoms with E-state index >= 15 is 0 Å². The van der Waals surface area contributed by atoms with Gasteiger partial charge in [-0.3, -0.25) is 4.79 Å². The maximum atomic E-state index is 13.0. The van der Waals surface area contributed by atoms with Crippen molar-refractivity contribution in [2.75, 3.05) is 46.4 Å². The quantitative estimate of drug-likeness (QED) is 0.240. The molecule has 4 N–H and O–H groups in total. The Morgan fingerprint density at radius 1 is 1.03 bits per heavy atom. The Morgan fingerprint density at radius 2 is 1.61 bits per heavy atom. The number of rotatable bonds is 11. The lowest BCUT2D eigenvalue weighted by Gasteiger charge is -2.33. The zero-order valence-electron chi connectivity index (χ0n) is 21.5. The van der Waals surface area contributed by atoms with Gasteiger partial charge in [0.1, 0.15) is 35.9 Å². The fourth-order valence-corrected chi connectivity index (χ4v) is 4.24. The van der Waals surface area contributed by atoms with E-state index < -0.39 is 6.04 Å². The van der Waals surface area contributed by atoms with Gasteiger partial charge in [0.15, 0.2) is 0 Å². The number of aromatic nitrogens is 3. The number of aromatic hydroxyl groups is 1. The molecule has 3 aromatic rings. The van der Waals surface area contributed by atoms with Crippen molar-refractivity contribution in [3.63, 3.8) is 0 Å². The second-order valence-corrected chi connectivity index (χ2v) is 10.3. The molecule has 1 amide bonds. The Hall–Kier alpha value is -2.72. The third-order valence-corrected chi connectivity index (χ3v) is 6.43. The van der Waals surface area contributed by atoms with Crippen LogP contribution in [0.4, 0.5) is 0 Å². The number of aliphatic hydroxyl groups is 2. The molecule has 0 saturated heterocycles. The highest BCUT2D eigenvalue weighted by molar-refractivity contribution is 5.77. The van der Waals surface area contributed by atoms with Gasteiger partial charge in [0.2, 0.25) is 5.91 Å². The molecule has 2 aromatic carbocycles. The van der Waals surface area contributed by atoms with Crippen molar-refractivity contribution in [3.05, 3.63) is 53.6 Å². The molecule has 0 saturated carbocycles. The zero-order valence-corrected chi connectivity index (χ0v) is 22.2. The molecular formula is C26H38ClN5O4. The number of aliphatic hydroxyl groups excluding tert-OH is 2. The number of carbonyl (C=O) groups is 1. The monoisotopic (exact) mass is 519 g/mol. The maximum absolute atomic E-state index is 13.0. The van der Waals surface area contributed by atoms with E-state index in [0.29, 0.717) is 30.7 Å². The van der Waals surface area contributed by atoms with Crippen molar-refractivity contribution in [2.45, 2.75) is 38.6 Å². The fourth-order valence-electron chi connectivity index (χ4n) is 4.24. The highest BCUT2D eigenvalue weighted by Gasteiger charge is 2.26. The summed E-state index contributed by atoms with van der Waals surface area (Å²) in [6.45, 7) is 8.14. The SMILES string of the molecule is CC(C)(C)c1cc(C(CC(=O)NCC[N+](C)(CCO)CCO)n2nc3ccccc3n2)ccc1O.[Cl-]. The lowest BCUT2D eigenvalue weighted by molar-refractivity contribution is -0.908. The van der Waals surface area contributed by atoms with Crippen LogP contribution in [-0.4, -0.2) is 87.1 Å². The molecule has 0 aliphatic carbocycles. The Bertz CT molecular complexity index is 1110. The minimum absolute atomic E-state index is 0. The van der Waals surface area contributed by atoms with E-state index in [1.807, 2.05) is 64.2 Å². The van der Waals surface area contributed by atoms with Crippen molar-refractivity contribution < 1.29 is 37.0 Å². The number of nitrogens with one attached hydrogen (secondary N) is 1. The van der Waals surface area contributed by atoms with Crippen LogP contribution in [0.2, 0.25) is 0 Å². The van der Waals surface area contributed by atoms with E-state index in [1.54, 1.807) is 10.9 Å². The van der Waals surface area contributed by atoms with Gasteiger partial charge < -0.3 is 37.5 Å². The first-order chi connectivity index (χ1) is 16.6. The van der Waals surface area contributed by atoms with Crippen LogP contribution in [-0.2, 0) is 10.2 Å². The third kappa shape index (κ3) is 7.39. The second-order valence-electron chi connectivity index (χ2n) is 10.3. The number of benzene rings is 2. The molecule has 9 nitrogen and oxygen atoms in total.